The van der Waals surface area contributed by atoms with E-state index in [1.165, 1.54) is 18.0 Å². The Balaban J connectivity index is 2.17. The number of rotatable bonds is 4. The summed E-state index contributed by atoms with van der Waals surface area (Å²) in [5.41, 5.74) is 5.98. The van der Waals surface area contributed by atoms with E-state index in [0.717, 1.165) is 6.42 Å². The topological polar surface area (TPSA) is 79.4 Å². The van der Waals surface area contributed by atoms with Crippen LogP contribution in [0.4, 0.5) is 0 Å². The number of carbonyl (C=O) groups excluding carboxylic acids is 1. The first kappa shape index (κ1) is 12.1. The van der Waals surface area contributed by atoms with Crippen molar-refractivity contribution in [3.05, 3.63) is 11.9 Å². The fourth-order valence-electron chi connectivity index (χ4n) is 2.07. The number of Topliss-reactive ketones (excluding diaryl/α,β-unsaturated/α-hetero) is 1. The molecule has 0 amide bonds. The third-order valence-electron chi connectivity index (χ3n) is 3.02. The van der Waals surface area contributed by atoms with Crippen LogP contribution in [0, 0.1) is 0 Å². The highest BCUT2D eigenvalue weighted by molar-refractivity contribution is 6.00. The van der Waals surface area contributed by atoms with Crippen molar-refractivity contribution >= 4 is 5.78 Å². The third kappa shape index (κ3) is 2.18. The molecule has 0 bridgehead atoms. The fourth-order valence-corrected chi connectivity index (χ4v) is 2.07. The van der Waals surface area contributed by atoms with E-state index in [1.807, 2.05) is 0 Å². The number of nitrogens with two attached hydrogens (primary N) is 1. The van der Waals surface area contributed by atoms with Gasteiger partial charge in [0.2, 0.25) is 5.78 Å². The molecule has 2 atom stereocenters. The normalized spacial score (nSPS) is 23.9. The average molecular weight is 239 g/mol. The first-order valence-corrected chi connectivity index (χ1v) is 5.63. The highest BCUT2D eigenvalue weighted by Gasteiger charge is 2.33. The van der Waals surface area contributed by atoms with Crippen molar-refractivity contribution in [3.63, 3.8) is 0 Å². The van der Waals surface area contributed by atoms with Gasteiger partial charge in [0.05, 0.1) is 19.4 Å². The maximum Gasteiger partial charge on any atom is 0.213 e. The van der Waals surface area contributed by atoms with Crippen LogP contribution in [0.5, 0.6) is 5.75 Å². The Kier molecular flexibility index (Phi) is 3.44. The Labute approximate surface area is 99.7 Å². The van der Waals surface area contributed by atoms with E-state index < -0.39 is 6.10 Å². The highest BCUT2D eigenvalue weighted by atomic mass is 16.5. The van der Waals surface area contributed by atoms with Crippen molar-refractivity contribution in [2.45, 2.75) is 25.0 Å². The van der Waals surface area contributed by atoms with Gasteiger partial charge in [-0.25, -0.2) is 0 Å². The molecule has 2 unspecified atom stereocenters. The summed E-state index contributed by atoms with van der Waals surface area (Å²) >= 11 is 0. The second kappa shape index (κ2) is 4.85. The molecule has 1 aromatic rings. The first-order chi connectivity index (χ1) is 8.17. The van der Waals surface area contributed by atoms with Gasteiger partial charge < -0.3 is 15.2 Å². The Morgan fingerprint density at radius 3 is 3.06 bits per heavy atom. The van der Waals surface area contributed by atoms with Crippen molar-refractivity contribution in [1.82, 2.24) is 9.78 Å². The quantitative estimate of drug-likeness (QED) is 0.755. The lowest BCUT2D eigenvalue weighted by Crippen LogP contribution is -2.26. The molecule has 0 spiro atoms. The van der Waals surface area contributed by atoms with Gasteiger partial charge in [-0.15, -0.1) is 0 Å². The van der Waals surface area contributed by atoms with Crippen LogP contribution in [0.3, 0.4) is 0 Å². The molecule has 0 aromatic carbocycles. The standard InChI is InChI=1S/C11H17N3O3/c1-14-10(9(16-2)6-13-14)11(15)8-4-3-7(5-12)17-8/h6-8H,3-5,12H2,1-2H3. The molecular weight excluding hydrogens is 222 g/mol. The summed E-state index contributed by atoms with van der Waals surface area (Å²) in [6.07, 6.45) is 2.63. The average Bonchev–Trinajstić information content (AvgIpc) is 2.94. The molecule has 17 heavy (non-hydrogen) atoms. The molecule has 1 aromatic heterocycles. The maximum absolute atomic E-state index is 12.3. The summed E-state index contributed by atoms with van der Waals surface area (Å²) in [4.78, 5) is 12.3. The van der Waals surface area contributed by atoms with Gasteiger partial charge in [0.15, 0.2) is 5.75 Å². The number of hydrogen-bond donors (Lipinski definition) is 1. The number of ether oxygens (including phenoxy) is 2. The zero-order chi connectivity index (χ0) is 12.4. The van der Waals surface area contributed by atoms with Crippen LogP contribution in [0.2, 0.25) is 0 Å². The summed E-state index contributed by atoms with van der Waals surface area (Å²) in [6.45, 7) is 0.451. The Hall–Kier alpha value is -1.40. The fraction of sp³-hybridized carbons (Fsp3) is 0.636. The van der Waals surface area contributed by atoms with E-state index in [-0.39, 0.29) is 11.9 Å². The Bertz CT molecular complexity index is 416. The zero-order valence-corrected chi connectivity index (χ0v) is 10.0. The molecule has 2 rings (SSSR count). The predicted molar refractivity (Wildman–Crippen MR) is 61.0 cm³/mol. The number of carbonyl (C=O) groups is 1. The van der Waals surface area contributed by atoms with Crippen LogP contribution in [0.1, 0.15) is 23.3 Å². The number of ketones is 1. The molecule has 1 fully saturated rings. The molecule has 6 heteroatoms. The molecule has 1 saturated heterocycles. The second-order valence-corrected chi connectivity index (χ2v) is 4.11. The molecular formula is C11H17N3O3. The van der Waals surface area contributed by atoms with E-state index in [2.05, 4.69) is 5.10 Å². The monoisotopic (exact) mass is 239 g/mol. The van der Waals surface area contributed by atoms with E-state index in [4.69, 9.17) is 15.2 Å². The highest BCUT2D eigenvalue weighted by Crippen LogP contribution is 2.26. The van der Waals surface area contributed by atoms with Crippen molar-refractivity contribution < 1.29 is 14.3 Å². The van der Waals surface area contributed by atoms with Crippen LogP contribution < -0.4 is 10.5 Å². The molecule has 0 radical (unpaired) electrons. The van der Waals surface area contributed by atoms with E-state index in [1.54, 1.807) is 7.05 Å². The van der Waals surface area contributed by atoms with E-state index in [0.29, 0.717) is 24.4 Å². The molecule has 2 heterocycles. The molecule has 1 aliphatic rings. The SMILES string of the molecule is COc1cnn(C)c1C(=O)C1CCC(CN)O1. The third-order valence-corrected chi connectivity index (χ3v) is 3.02. The van der Waals surface area contributed by atoms with Gasteiger partial charge in [-0.3, -0.25) is 9.48 Å². The van der Waals surface area contributed by atoms with Crippen molar-refractivity contribution in [2.24, 2.45) is 12.8 Å². The zero-order valence-electron chi connectivity index (χ0n) is 10.0. The molecule has 6 nitrogen and oxygen atoms in total. The van der Waals surface area contributed by atoms with Gasteiger partial charge in [0.25, 0.3) is 0 Å². The first-order valence-electron chi connectivity index (χ1n) is 5.63. The van der Waals surface area contributed by atoms with Gasteiger partial charge in [-0.05, 0) is 12.8 Å². The van der Waals surface area contributed by atoms with Crippen LogP contribution in [-0.2, 0) is 11.8 Å². The lowest BCUT2D eigenvalue weighted by Gasteiger charge is -2.12. The van der Waals surface area contributed by atoms with Gasteiger partial charge in [-0.2, -0.15) is 5.10 Å². The summed E-state index contributed by atoms with van der Waals surface area (Å²) in [7, 11) is 3.23. The summed E-state index contributed by atoms with van der Waals surface area (Å²) in [5.74, 6) is 0.398. The van der Waals surface area contributed by atoms with Crippen LogP contribution in [0.25, 0.3) is 0 Å². The van der Waals surface area contributed by atoms with Crippen molar-refractivity contribution in [1.29, 1.82) is 0 Å². The Morgan fingerprint density at radius 2 is 2.47 bits per heavy atom. The molecule has 0 aliphatic carbocycles. The lowest BCUT2D eigenvalue weighted by molar-refractivity contribution is 0.0394. The molecule has 2 N–H and O–H groups in total. The van der Waals surface area contributed by atoms with Crippen LogP contribution >= 0.6 is 0 Å². The Morgan fingerprint density at radius 1 is 1.71 bits per heavy atom. The largest absolute Gasteiger partial charge is 0.493 e. The minimum absolute atomic E-state index is 0.0110. The van der Waals surface area contributed by atoms with Crippen LogP contribution in [-0.4, -0.2) is 41.4 Å². The number of aryl methyl sites for hydroxylation is 1. The predicted octanol–water partition coefficient (Wildman–Crippen LogP) is 0.118. The second-order valence-electron chi connectivity index (χ2n) is 4.11. The van der Waals surface area contributed by atoms with Crippen molar-refractivity contribution in [3.8, 4) is 5.75 Å². The number of nitrogens with zero attached hydrogens (tertiary/aromatic N) is 2. The molecule has 94 valence electrons. The maximum atomic E-state index is 12.3. The number of hydrogen-bond acceptors (Lipinski definition) is 5. The summed E-state index contributed by atoms with van der Waals surface area (Å²) in [6, 6.07) is 0. The smallest absolute Gasteiger partial charge is 0.213 e. The van der Waals surface area contributed by atoms with Gasteiger partial charge in [0.1, 0.15) is 11.8 Å². The molecule has 1 aliphatic heterocycles. The van der Waals surface area contributed by atoms with E-state index in [9.17, 15) is 4.79 Å². The number of aromatic nitrogens is 2. The van der Waals surface area contributed by atoms with E-state index >= 15 is 0 Å². The summed E-state index contributed by atoms with van der Waals surface area (Å²) < 4.78 is 12.2. The van der Waals surface area contributed by atoms with Crippen molar-refractivity contribution in [2.75, 3.05) is 13.7 Å². The minimum Gasteiger partial charge on any atom is -0.493 e. The molecule has 0 saturated carbocycles. The van der Waals surface area contributed by atoms with Gasteiger partial charge in [-0.1, -0.05) is 0 Å². The lowest BCUT2D eigenvalue weighted by atomic mass is 10.1. The summed E-state index contributed by atoms with van der Waals surface area (Å²) in [5, 5.41) is 4.01. The van der Waals surface area contributed by atoms with Gasteiger partial charge >= 0.3 is 0 Å². The van der Waals surface area contributed by atoms with Crippen LogP contribution in [0.15, 0.2) is 6.20 Å². The van der Waals surface area contributed by atoms with Gasteiger partial charge in [0, 0.05) is 13.6 Å². The minimum atomic E-state index is -0.423. The number of methoxy groups -OCH3 is 1.